The summed E-state index contributed by atoms with van der Waals surface area (Å²) in [4.78, 5) is 25.7. The number of nitrogens with one attached hydrogen (secondary N) is 2. The molecule has 0 saturated carbocycles. The van der Waals surface area contributed by atoms with Crippen LogP contribution in [0.15, 0.2) is 23.1 Å². The Morgan fingerprint density at radius 3 is 2.57 bits per heavy atom. The van der Waals surface area contributed by atoms with Crippen LogP contribution in [-0.2, 0) is 9.53 Å². The number of rotatable bonds is 7. The molecule has 37 heavy (non-hydrogen) atoms. The third-order valence-electron chi connectivity index (χ3n) is 6.07. The molecule has 1 fully saturated rings. The minimum absolute atomic E-state index is 0.0630. The van der Waals surface area contributed by atoms with Crippen LogP contribution in [0.3, 0.4) is 0 Å². The summed E-state index contributed by atoms with van der Waals surface area (Å²) in [5.74, 6) is -1.45. The second-order valence-electron chi connectivity index (χ2n) is 8.71. The van der Waals surface area contributed by atoms with Gasteiger partial charge in [-0.2, -0.15) is 18.3 Å². The van der Waals surface area contributed by atoms with Gasteiger partial charge in [-0.15, -0.1) is 0 Å². The molecular weight excluding hydrogens is 581 g/mol. The molecule has 0 aliphatic carbocycles. The number of hydrogen-bond acceptors (Lipinski definition) is 9. The predicted molar refractivity (Wildman–Crippen MR) is 138 cm³/mol. The van der Waals surface area contributed by atoms with Gasteiger partial charge in [0.05, 0.1) is 11.9 Å². The zero-order chi connectivity index (χ0) is 26.9. The Hall–Kier alpha value is -2.84. The monoisotopic (exact) mass is 604 g/mol. The first kappa shape index (κ1) is 27.2. The number of hydrogen-bond donors (Lipinski definition) is 2. The van der Waals surface area contributed by atoms with Gasteiger partial charge >= 0.3 is 12.1 Å². The molecule has 15 heteroatoms. The molecule has 0 bridgehead atoms. The third-order valence-corrected chi connectivity index (χ3v) is 6.86. The van der Waals surface area contributed by atoms with Crippen LogP contribution in [0.4, 0.5) is 30.4 Å². The summed E-state index contributed by atoms with van der Waals surface area (Å²) in [5.41, 5.74) is 3.00. The molecule has 2 aromatic heterocycles. The Balaban J connectivity index is 1.46. The van der Waals surface area contributed by atoms with Crippen LogP contribution in [0.5, 0.6) is 0 Å². The maximum atomic E-state index is 12.7. The number of alkyl halides is 3. The van der Waals surface area contributed by atoms with E-state index in [2.05, 4.69) is 55.9 Å². The summed E-state index contributed by atoms with van der Waals surface area (Å²) in [5, 5.41) is 11.4. The quantitative estimate of drug-likeness (QED) is 0.308. The number of fused-ring (bicyclic) bond motifs is 1. The van der Waals surface area contributed by atoms with Crippen LogP contribution in [0, 0.1) is 6.92 Å². The van der Waals surface area contributed by atoms with Crippen molar-refractivity contribution in [3.8, 4) is 0 Å². The van der Waals surface area contributed by atoms with E-state index in [-0.39, 0.29) is 6.54 Å². The van der Waals surface area contributed by atoms with Gasteiger partial charge in [-0.05, 0) is 54.6 Å². The number of halogens is 5. The molecule has 1 aliphatic heterocycles. The summed E-state index contributed by atoms with van der Waals surface area (Å²) in [6.07, 6.45) is -4.71. The lowest BCUT2D eigenvalue weighted by Crippen LogP contribution is -2.47. The molecule has 2 N–H and O–H groups in total. The van der Waals surface area contributed by atoms with Gasteiger partial charge in [0.1, 0.15) is 16.7 Å². The number of aromatic amines is 1. The van der Waals surface area contributed by atoms with Gasteiger partial charge in [-0.3, -0.25) is 10.00 Å². The second kappa shape index (κ2) is 10.9. The summed E-state index contributed by atoms with van der Waals surface area (Å²) in [6, 6.07) is 3.56. The SMILES string of the molecule is Cc1c(NCC(OC(=O)C(F)(F)F)N(C)C)cc(Cl)cc1N1CCN(c2ncnc3n[nH]c(Br)c23)CC1. The number of carbonyl (C=O) groups is 1. The molecule has 1 atom stereocenters. The number of likely N-dealkylation sites (N-methyl/N-ethyl adjacent to an activating group) is 1. The van der Waals surface area contributed by atoms with Gasteiger partial charge in [-0.1, -0.05) is 11.6 Å². The molecular formula is C22H25BrClF3N8O2. The van der Waals surface area contributed by atoms with E-state index in [1.54, 1.807) is 6.07 Å². The number of benzene rings is 1. The van der Waals surface area contributed by atoms with Crippen LogP contribution in [0.2, 0.25) is 5.02 Å². The highest BCUT2D eigenvalue weighted by molar-refractivity contribution is 9.10. The molecule has 10 nitrogen and oxygen atoms in total. The average molecular weight is 606 g/mol. The number of ether oxygens (including phenoxy) is 1. The maximum Gasteiger partial charge on any atom is 0.490 e. The lowest BCUT2D eigenvalue weighted by molar-refractivity contribution is -0.210. The fourth-order valence-electron chi connectivity index (χ4n) is 4.10. The van der Waals surface area contributed by atoms with Crippen molar-refractivity contribution in [3.05, 3.63) is 33.6 Å². The van der Waals surface area contributed by atoms with Crippen molar-refractivity contribution in [3.63, 3.8) is 0 Å². The van der Waals surface area contributed by atoms with Crippen molar-refractivity contribution < 1.29 is 22.7 Å². The predicted octanol–water partition coefficient (Wildman–Crippen LogP) is 3.81. The van der Waals surface area contributed by atoms with E-state index in [1.807, 2.05) is 13.0 Å². The highest BCUT2D eigenvalue weighted by Gasteiger charge is 2.42. The molecule has 1 aromatic carbocycles. The van der Waals surface area contributed by atoms with Gasteiger partial charge in [0.15, 0.2) is 11.9 Å². The third kappa shape index (κ3) is 6.02. The van der Waals surface area contributed by atoms with Crippen LogP contribution in [-0.4, -0.2) is 90.3 Å². The molecule has 200 valence electrons. The van der Waals surface area contributed by atoms with Gasteiger partial charge in [0.25, 0.3) is 0 Å². The standard InChI is InChI=1S/C22H25BrClF3N8O2/c1-12-14(28-10-16(33(2)3)37-21(36)22(25,26)27)8-13(24)9-15(12)34-4-6-35(7-5-34)20-17-18(23)31-32-19(17)29-11-30-20/h8-9,11,16,28H,4-7,10H2,1-3H3,(H,29,30,31,32). The first-order valence-corrected chi connectivity index (χ1v) is 12.5. The number of aromatic nitrogens is 4. The molecule has 3 aromatic rings. The van der Waals surface area contributed by atoms with E-state index in [9.17, 15) is 18.0 Å². The number of anilines is 3. The van der Waals surface area contributed by atoms with Gasteiger partial charge in [0.2, 0.25) is 0 Å². The molecule has 1 aliphatic rings. The fraction of sp³-hybridized carbons (Fsp3) is 0.455. The highest BCUT2D eigenvalue weighted by Crippen LogP contribution is 2.34. The number of H-pyrrole nitrogens is 1. The van der Waals surface area contributed by atoms with Crippen molar-refractivity contribution in [2.24, 2.45) is 0 Å². The second-order valence-corrected chi connectivity index (χ2v) is 9.94. The molecule has 0 spiro atoms. The van der Waals surface area contributed by atoms with Crippen LogP contribution >= 0.6 is 27.5 Å². The lowest BCUT2D eigenvalue weighted by Gasteiger charge is -2.38. The Labute approximate surface area is 224 Å². The van der Waals surface area contributed by atoms with Crippen molar-refractivity contribution >= 4 is 61.7 Å². The lowest BCUT2D eigenvalue weighted by atomic mass is 10.1. The van der Waals surface area contributed by atoms with Crippen LogP contribution in [0.1, 0.15) is 5.56 Å². The van der Waals surface area contributed by atoms with Gasteiger partial charge in [0, 0.05) is 42.6 Å². The zero-order valence-electron chi connectivity index (χ0n) is 20.2. The fourth-order valence-corrected chi connectivity index (χ4v) is 4.76. The molecule has 1 unspecified atom stereocenters. The van der Waals surface area contributed by atoms with E-state index < -0.39 is 18.4 Å². The Bertz CT molecular complexity index is 1280. The first-order chi connectivity index (χ1) is 17.5. The van der Waals surface area contributed by atoms with Gasteiger partial charge < -0.3 is 19.9 Å². The van der Waals surface area contributed by atoms with E-state index in [0.717, 1.165) is 27.1 Å². The average Bonchev–Trinajstić information content (AvgIpc) is 3.23. The van der Waals surface area contributed by atoms with E-state index in [4.69, 9.17) is 11.6 Å². The van der Waals surface area contributed by atoms with Gasteiger partial charge in [-0.25, -0.2) is 14.8 Å². The number of piperazine rings is 1. The largest absolute Gasteiger partial charge is 0.490 e. The zero-order valence-corrected chi connectivity index (χ0v) is 22.6. The number of nitrogens with zero attached hydrogens (tertiary/aromatic N) is 6. The van der Waals surface area contributed by atoms with E-state index in [0.29, 0.717) is 42.5 Å². The molecule has 0 radical (unpaired) electrons. The van der Waals surface area contributed by atoms with Crippen molar-refractivity contribution in [2.75, 3.05) is 61.9 Å². The van der Waals surface area contributed by atoms with E-state index >= 15 is 0 Å². The van der Waals surface area contributed by atoms with Crippen LogP contribution in [0.25, 0.3) is 11.0 Å². The van der Waals surface area contributed by atoms with Crippen LogP contribution < -0.4 is 15.1 Å². The summed E-state index contributed by atoms with van der Waals surface area (Å²) >= 11 is 9.88. The smallest absolute Gasteiger partial charge is 0.438 e. The molecule has 3 heterocycles. The molecule has 0 amide bonds. The summed E-state index contributed by atoms with van der Waals surface area (Å²) in [6.45, 7) is 4.59. The normalized spacial score (nSPS) is 15.4. The summed E-state index contributed by atoms with van der Waals surface area (Å²) in [7, 11) is 3.05. The Kier molecular flexibility index (Phi) is 7.99. The minimum atomic E-state index is -5.07. The van der Waals surface area contributed by atoms with E-state index in [1.165, 1.54) is 25.3 Å². The van der Waals surface area contributed by atoms with Crippen molar-refractivity contribution in [1.29, 1.82) is 0 Å². The topological polar surface area (TPSA) is 103 Å². The van der Waals surface area contributed by atoms with Crippen molar-refractivity contribution in [1.82, 2.24) is 25.1 Å². The Morgan fingerprint density at radius 2 is 1.92 bits per heavy atom. The summed E-state index contributed by atoms with van der Waals surface area (Å²) < 4.78 is 43.4. The Morgan fingerprint density at radius 1 is 1.24 bits per heavy atom. The minimum Gasteiger partial charge on any atom is -0.438 e. The first-order valence-electron chi connectivity index (χ1n) is 11.3. The highest BCUT2D eigenvalue weighted by atomic mass is 79.9. The maximum absolute atomic E-state index is 12.7. The van der Waals surface area contributed by atoms with Crippen molar-refractivity contribution in [2.45, 2.75) is 19.3 Å². The molecule has 1 saturated heterocycles. The number of esters is 1. The molecule has 4 rings (SSSR count). The number of carbonyl (C=O) groups excluding carboxylic acids is 1.